The quantitative estimate of drug-likeness (QED) is 0.281. The lowest BCUT2D eigenvalue weighted by atomic mass is 9.89. The van der Waals surface area contributed by atoms with Crippen LogP contribution in [0.1, 0.15) is 38.8 Å². The molecule has 0 saturated carbocycles. The van der Waals surface area contributed by atoms with Crippen molar-refractivity contribution >= 4 is 29.9 Å². The number of β-amino-alcohol motifs (C(OH)–C–C–N with tert-alkyl or cyclic N) is 1. The van der Waals surface area contributed by atoms with E-state index in [0.717, 1.165) is 32.0 Å². The highest BCUT2D eigenvalue weighted by Crippen LogP contribution is 2.21. The van der Waals surface area contributed by atoms with Crippen LogP contribution >= 0.6 is 24.0 Å². The fourth-order valence-corrected chi connectivity index (χ4v) is 3.54. The van der Waals surface area contributed by atoms with Gasteiger partial charge in [-0.15, -0.1) is 24.0 Å². The number of rotatable bonds is 8. The van der Waals surface area contributed by atoms with Gasteiger partial charge < -0.3 is 20.5 Å². The second-order valence-electron chi connectivity index (χ2n) is 8.60. The Kier molecular flexibility index (Phi) is 11.5. The maximum atomic E-state index is 10.5. The molecule has 0 fully saturated rings. The summed E-state index contributed by atoms with van der Waals surface area (Å²) in [6, 6.07) is 8.57. The van der Waals surface area contributed by atoms with E-state index >= 15 is 0 Å². The van der Waals surface area contributed by atoms with Gasteiger partial charge in [0, 0.05) is 39.8 Å². The van der Waals surface area contributed by atoms with E-state index < -0.39 is 6.10 Å². The molecule has 0 amide bonds. The van der Waals surface area contributed by atoms with Crippen molar-refractivity contribution in [2.24, 2.45) is 10.4 Å². The van der Waals surface area contributed by atoms with Crippen molar-refractivity contribution in [3.63, 3.8) is 0 Å². The lowest BCUT2D eigenvalue weighted by Crippen LogP contribution is -2.46. The number of aliphatic hydroxyl groups excluding tert-OH is 1. The number of nitrogens with one attached hydrogen (secondary N) is 2. The van der Waals surface area contributed by atoms with Crippen molar-refractivity contribution in [1.82, 2.24) is 15.5 Å². The number of hydrogen-bond donors (Lipinski definition) is 3. The fourth-order valence-electron chi connectivity index (χ4n) is 3.54. The number of hydrogen-bond acceptors (Lipinski definition) is 4. The van der Waals surface area contributed by atoms with E-state index in [-0.39, 0.29) is 35.5 Å². The molecule has 1 aromatic carbocycles. The van der Waals surface area contributed by atoms with Crippen LogP contribution in [0.4, 0.5) is 0 Å². The van der Waals surface area contributed by atoms with Crippen molar-refractivity contribution in [3.05, 3.63) is 35.4 Å². The Morgan fingerprint density at radius 2 is 1.93 bits per heavy atom. The number of benzene rings is 1. The first kappa shape index (κ1) is 26.1. The first-order valence-corrected chi connectivity index (χ1v) is 10.4. The second-order valence-corrected chi connectivity index (χ2v) is 8.60. The van der Waals surface area contributed by atoms with E-state index in [1.54, 1.807) is 7.11 Å². The highest BCUT2D eigenvalue weighted by Gasteiger charge is 2.24. The minimum absolute atomic E-state index is 0. The summed E-state index contributed by atoms with van der Waals surface area (Å²) in [6.07, 6.45) is 0.637. The van der Waals surface area contributed by atoms with Gasteiger partial charge in [0.25, 0.3) is 0 Å². The first-order chi connectivity index (χ1) is 13.3. The van der Waals surface area contributed by atoms with Crippen molar-refractivity contribution in [1.29, 1.82) is 0 Å². The zero-order valence-electron chi connectivity index (χ0n) is 18.6. The van der Waals surface area contributed by atoms with Crippen LogP contribution in [0.5, 0.6) is 0 Å². The van der Waals surface area contributed by atoms with E-state index in [0.29, 0.717) is 19.6 Å². The molecule has 6 nitrogen and oxygen atoms in total. The van der Waals surface area contributed by atoms with Crippen LogP contribution < -0.4 is 10.6 Å². The molecule has 2 atom stereocenters. The number of aliphatic hydroxyl groups is 1. The molecule has 0 saturated heterocycles. The van der Waals surface area contributed by atoms with Crippen LogP contribution in [0.2, 0.25) is 0 Å². The van der Waals surface area contributed by atoms with Crippen LogP contribution in [-0.2, 0) is 17.7 Å². The molecule has 0 bridgehead atoms. The summed E-state index contributed by atoms with van der Waals surface area (Å²) < 4.78 is 5.60. The molecule has 1 heterocycles. The number of ether oxygens (including phenoxy) is 1. The third-order valence-electron chi connectivity index (χ3n) is 5.19. The highest BCUT2D eigenvalue weighted by atomic mass is 127. The Morgan fingerprint density at radius 3 is 2.55 bits per heavy atom. The molecule has 0 aromatic heterocycles. The van der Waals surface area contributed by atoms with Gasteiger partial charge in [-0.25, -0.2) is 0 Å². The van der Waals surface area contributed by atoms with Crippen molar-refractivity contribution in [2.75, 3.05) is 39.8 Å². The summed E-state index contributed by atoms with van der Waals surface area (Å²) in [5.74, 6) is 0.719. The molecule has 7 heteroatoms. The molecule has 1 aliphatic heterocycles. The third-order valence-corrected chi connectivity index (χ3v) is 5.19. The predicted octanol–water partition coefficient (Wildman–Crippen LogP) is 2.64. The van der Waals surface area contributed by atoms with Crippen molar-refractivity contribution < 1.29 is 9.84 Å². The summed E-state index contributed by atoms with van der Waals surface area (Å²) in [7, 11) is 1.74. The van der Waals surface area contributed by atoms with Gasteiger partial charge in [0.15, 0.2) is 5.96 Å². The third kappa shape index (κ3) is 8.78. The molecule has 0 radical (unpaired) electrons. The van der Waals surface area contributed by atoms with Gasteiger partial charge in [-0.1, -0.05) is 45.0 Å². The molecule has 0 aliphatic carbocycles. The minimum atomic E-state index is -0.485. The summed E-state index contributed by atoms with van der Waals surface area (Å²) in [4.78, 5) is 6.88. The van der Waals surface area contributed by atoms with Crippen molar-refractivity contribution in [2.45, 2.75) is 52.9 Å². The number of halogens is 1. The van der Waals surface area contributed by atoms with Gasteiger partial charge in [-0.2, -0.15) is 0 Å². The van der Waals surface area contributed by atoms with Crippen LogP contribution in [0.15, 0.2) is 29.3 Å². The number of aliphatic imine (C=N–C) groups is 1. The van der Waals surface area contributed by atoms with Crippen molar-refractivity contribution in [3.8, 4) is 0 Å². The lowest BCUT2D eigenvalue weighted by Gasteiger charge is -2.30. The summed E-state index contributed by atoms with van der Waals surface area (Å²) >= 11 is 0. The van der Waals surface area contributed by atoms with Gasteiger partial charge in [-0.05, 0) is 29.9 Å². The van der Waals surface area contributed by atoms with Gasteiger partial charge in [0.2, 0.25) is 0 Å². The minimum Gasteiger partial charge on any atom is -0.390 e. The SMILES string of the molecule is CCNC(=NCC(O)CN1CCc2ccccc2C1)NCC(OC)C(C)(C)C.I. The Morgan fingerprint density at radius 1 is 1.24 bits per heavy atom. The number of guanidine groups is 1. The summed E-state index contributed by atoms with van der Waals surface area (Å²) in [5, 5.41) is 17.1. The fraction of sp³-hybridized carbons (Fsp3) is 0.682. The van der Waals surface area contributed by atoms with Gasteiger partial charge in [0.05, 0.1) is 18.8 Å². The molecular weight excluding hydrogens is 479 g/mol. The predicted molar refractivity (Wildman–Crippen MR) is 131 cm³/mol. The monoisotopic (exact) mass is 518 g/mol. The van der Waals surface area contributed by atoms with E-state index in [4.69, 9.17) is 4.74 Å². The molecule has 1 aromatic rings. The van der Waals surface area contributed by atoms with Crippen LogP contribution in [0.25, 0.3) is 0 Å². The Labute approximate surface area is 193 Å². The molecule has 2 rings (SSSR count). The van der Waals surface area contributed by atoms with E-state index in [9.17, 15) is 5.11 Å². The normalized spacial score (nSPS) is 17.1. The summed E-state index contributed by atoms with van der Waals surface area (Å²) in [6.45, 7) is 12.9. The number of fused-ring (bicyclic) bond motifs is 1. The molecule has 0 spiro atoms. The van der Waals surface area contributed by atoms with E-state index in [1.165, 1.54) is 11.1 Å². The molecule has 29 heavy (non-hydrogen) atoms. The van der Waals surface area contributed by atoms with E-state index in [1.807, 2.05) is 6.92 Å². The molecule has 166 valence electrons. The largest absolute Gasteiger partial charge is 0.390 e. The Balaban J connectivity index is 0.00000420. The topological polar surface area (TPSA) is 69.1 Å². The maximum Gasteiger partial charge on any atom is 0.191 e. The number of nitrogens with zero attached hydrogens (tertiary/aromatic N) is 2. The van der Waals surface area contributed by atoms with Gasteiger partial charge in [-0.3, -0.25) is 9.89 Å². The zero-order chi connectivity index (χ0) is 20.6. The summed E-state index contributed by atoms with van der Waals surface area (Å²) in [5.41, 5.74) is 2.84. The zero-order valence-corrected chi connectivity index (χ0v) is 20.9. The smallest absolute Gasteiger partial charge is 0.191 e. The standard InChI is InChI=1S/C22H38N4O2.HI/c1-6-23-21(25-14-20(28-5)22(2,3)4)24-13-19(27)16-26-12-11-17-9-7-8-10-18(17)15-26;/h7-10,19-20,27H,6,11-16H2,1-5H3,(H2,23,24,25);1H. The average Bonchev–Trinajstić information content (AvgIpc) is 2.65. The second kappa shape index (κ2) is 12.7. The Bertz CT molecular complexity index is 633. The molecule has 2 unspecified atom stereocenters. The first-order valence-electron chi connectivity index (χ1n) is 10.4. The van der Waals surface area contributed by atoms with Crippen LogP contribution in [-0.4, -0.2) is 68.0 Å². The molecule has 1 aliphatic rings. The van der Waals surface area contributed by atoms with Crippen LogP contribution in [0, 0.1) is 5.41 Å². The lowest BCUT2D eigenvalue weighted by molar-refractivity contribution is 0.0205. The maximum absolute atomic E-state index is 10.5. The van der Waals surface area contributed by atoms with Crippen LogP contribution in [0.3, 0.4) is 0 Å². The van der Waals surface area contributed by atoms with Gasteiger partial charge >= 0.3 is 0 Å². The molecule has 3 N–H and O–H groups in total. The highest BCUT2D eigenvalue weighted by molar-refractivity contribution is 14.0. The molecular formula is C22H39IN4O2. The van der Waals surface area contributed by atoms with E-state index in [2.05, 4.69) is 65.6 Å². The number of methoxy groups -OCH3 is 1. The van der Waals surface area contributed by atoms with Gasteiger partial charge in [0.1, 0.15) is 0 Å². The Hall–Kier alpha value is -0.900. The average molecular weight is 518 g/mol.